The lowest BCUT2D eigenvalue weighted by atomic mass is 10.4. The van der Waals surface area contributed by atoms with E-state index in [9.17, 15) is 26.4 Å². The van der Waals surface area contributed by atoms with Gasteiger partial charge in [0.1, 0.15) is 4.90 Å². The lowest BCUT2D eigenvalue weighted by molar-refractivity contribution is -0.162. The fourth-order valence-corrected chi connectivity index (χ4v) is 4.40. The number of amides is 1. The molecule has 0 aliphatic carbocycles. The molecular formula is C13H19F3N4O4S. The molecule has 8 nitrogen and oxygen atoms in total. The number of carbonyl (C=O) groups excluding carboxylic acids is 1. The molecule has 1 aromatic rings. The van der Waals surface area contributed by atoms with Gasteiger partial charge >= 0.3 is 12.3 Å². The quantitative estimate of drug-likeness (QED) is 0.850. The van der Waals surface area contributed by atoms with E-state index in [2.05, 4.69) is 14.9 Å². The summed E-state index contributed by atoms with van der Waals surface area (Å²) < 4.78 is 67.3. The van der Waals surface area contributed by atoms with E-state index < -0.39 is 28.9 Å². The van der Waals surface area contributed by atoms with Crippen molar-refractivity contribution in [2.75, 3.05) is 32.8 Å². The zero-order valence-corrected chi connectivity index (χ0v) is 14.6. The predicted octanol–water partition coefficient (Wildman–Crippen LogP) is 1.42. The predicted molar refractivity (Wildman–Crippen MR) is 80.4 cm³/mol. The molecule has 0 atom stereocenters. The summed E-state index contributed by atoms with van der Waals surface area (Å²) in [6, 6.07) is 0. The van der Waals surface area contributed by atoms with Gasteiger partial charge in [-0.3, -0.25) is 5.10 Å². The fraction of sp³-hybridized carbons (Fsp3) is 0.692. The summed E-state index contributed by atoms with van der Waals surface area (Å²) in [5.74, 6) is 0. The minimum Gasteiger partial charge on any atom is -0.440 e. The van der Waals surface area contributed by atoms with Gasteiger partial charge in [0.25, 0.3) is 0 Å². The van der Waals surface area contributed by atoms with Crippen LogP contribution in [0.5, 0.6) is 0 Å². The van der Waals surface area contributed by atoms with Crippen LogP contribution in [-0.2, 0) is 14.8 Å². The van der Waals surface area contributed by atoms with E-state index in [1.54, 1.807) is 13.8 Å². The Balaban J connectivity index is 2.05. The van der Waals surface area contributed by atoms with Gasteiger partial charge in [0.2, 0.25) is 10.0 Å². The van der Waals surface area contributed by atoms with Crippen molar-refractivity contribution in [3.05, 3.63) is 11.4 Å². The highest BCUT2D eigenvalue weighted by Gasteiger charge is 2.34. The van der Waals surface area contributed by atoms with Crippen LogP contribution in [0.4, 0.5) is 18.0 Å². The molecule has 1 aromatic heterocycles. The Hall–Kier alpha value is -1.82. The number of H-pyrrole nitrogens is 1. The number of ether oxygens (including phenoxy) is 1. The second-order valence-electron chi connectivity index (χ2n) is 5.68. The van der Waals surface area contributed by atoms with Crippen molar-refractivity contribution >= 4 is 16.1 Å². The maximum Gasteiger partial charge on any atom is 0.422 e. The van der Waals surface area contributed by atoms with E-state index in [0.29, 0.717) is 11.4 Å². The molecule has 0 spiro atoms. The van der Waals surface area contributed by atoms with Crippen molar-refractivity contribution in [1.29, 1.82) is 0 Å². The Morgan fingerprint density at radius 1 is 1.24 bits per heavy atom. The Kier molecular flexibility index (Phi) is 5.62. The van der Waals surface area contributed by atoms with Gasteiger partial charge in [0.05, 0.1) is 11.4 Å². The molecule has 1 fully saturated rings. The topological polar surface area (TPSA) is 95.6 Å². The normalized spacial score (nSPS) is 17.4. The molecule has 25 heavy (non-hydrogen) atoms. The lowest BCUT2D eigenvalue weighted by Gasteiger charge is -2.22. The number of aromatic amines is 1. The van der Waals surface area contributed by atoms with E-state index >= 15 is 0 Å². The van der Waals surface area contributed by atoms with Crippen molar-refractivity contribution in [1.82, 2.24) is 19.4 Å². The summed E-state index contributed by atoms with van der Waals surface area (Å²) in [5, 5.41) is 6.48. The third-order valence-electron chi connectivity index (χ3n) is 3.73. The minimum atomic E-state index is -4.60. The van der Waals surface area contributed by atoms with Gasteiger partial charge in [-0.15, -0.1) is 0 Å². The minimum absolute atomic E-state index is 0.0342. The molecule has 1 N–H and O–H groups in total. The molecule has 0 radical (unpaired) electrons. The highest BCUT2D eigenvalue weighted by atomic mass is 32.2. The molecule has 0 aromatic carbocycles. The summed E-state index contributed by atoms with van der Waals surface area (Å²) in [6.45, 7) is 1.67. The summed E-state index contributed by atoms with van der Waals surface area (Å²) in [6.07, 6.45) is -5.42. The zero-order chi connectivity index (χ0) is 18.8. The van der Waals surface area contributed by atoms with Crippen molar-refractivity contribution in [2.24, 2.45) is 0 Å². The van der Waals surface area contributed by atoms with Crippen LogP contribution in [0.1, 0.15) is 17.8 Å². The smallest absolute Gasteiger partial charge is 0.422 e. The summed E-state index contributed by atoms with van der Waals surface area (Å²) >= 11 is 0. The Bertz CT molecular complexity index is 713. The highest BCUT2D eigenvalue weighted by Crippen LogP contribution is 2.23. The maximum absolute atomic E-state index is 12.8. The molecule has 0 bridgehead atoms. The van der Waals surface area contributed by atoms with Crippen LogP contribution in [0.3, 0.4) is 0 Å². The number of halogens is 3. The Labute approximate surface area is 143 Å². The van der Waals surface area contributed by atoms with E-state index in [4.69, 9.17) is 0 Å². The molecule has 1 aliphatic heterocycles. The lowest BCUT2D eigenvalue weighted by Crippen LogP contribution is -2.38. The van der Waals surface area contributed by atoms with Crippen LogP contribution < -0.4 is 0 Å². The molecule has 0 saturated carbocycles. The number of aromatic nitrogens is 2. The second-order valence-corrected chi connectivity index (χ2v) is 7.55. The van der Waals surface area contributed by atoms with E-state index in [-0.39, 0.29) is 37.5 Å². The molecule has 12 heteroatoms. The Morgan fingerprint density at radius 2 is 1.92 bits per heavy atom. The van der Waals surface area contributed by atoms with Crippen LogP contribution >= 0.6 is 0 Å². The number of carbonyl (C=O) groups is 1. The first kappa shape index (κ1) is 19.5. The zero-order valence-electron chi connectivity index (χ0n) is 13.8. The second kappa shape index (κ2) is 7.20. The number of hydrogen-bond donors (Lipinski definition) is 1. The molecule has 2 heterocycles. The molecule has 1 amide bonds. The molecular weight excluding hydrogens is 365 g/mol. The largest absolute Gasteiger partial charge is 0.440 e. The van der Waals surface area contributed by atoms with Gasteiger partial charge in [-0.1, -0.05) is 0 Å². The number of hydrogen-bond acceptors (Lipinski definition) is 5. The number of nitrogens with zero attached hydrogens (tertiary/aromatic N) is 3. The van der Waals surface area contributed by atoms with Crippen LogP contribution in [0.2, 0.25) is 0 Å². The molecule has 0 unspecified atom stereocenters. The van der Waals surface area contributed by atoms with Gasteiger partial charge in [0, 0.05) is 26.2 Å². The first-order chi connectivity index (χ1) is 11.5. The standard InChI is InChI=1S/C13H19F3N4O4S/c1-9-11(10(2)18-17-9)25(22,23)20-5-3-4-19(6-7-20)12(21)24-8-13(14,15)16/h3-8H2,1-2H3,(H,17,18). The number of rotatable bonds is 3. The summed E-state index contributed by atoms with van der Waals surface area (Å²) in [5.41, 5.74) is 0.742. The Morgan fingerprint density at radius 3 is 2.48 bits per heavy atom. The van der Waals surface area contributed by atoms with Gasteiger partial charge < -0.3 is 9.64 Å². The van der Waals surface area contributed by atoms with Crippen molar-refractivity contribution in [3.63, 3.8) is 0 Å². The summed E-state index contributed by atoms with van der Waals surface area (Å²) in [4.78, 5) is 12.9. The monoisotopic (exact) mass is 384 g/mol. The van der Waals surface area contributed by atoms with Crippen LogP contribution in [-0.4, -0.2) is 72.9 Å². The van der Waals surface area contributed by atoms with Crippen molar-refractivity contribution in [2.45, 2.75) is 31.3 Å². The number of sulfonamides is 1. The molecule has 2 rings (SSSR count). The van der Waals surface area contributed by atoms with E-state index in [1.807, 2.05) is 0 Å². The molecule has 1 aliphatic rings. The first-order valence-corrected chi connectivity index (χ1v) is 8.96. The third-order valence-corrected chi connectivity index (χ3v) is 5.89. The average Bonchev–Trinajstić information content (AvgIpc) is 2.73. The van der Waals surface area contributed by atoms with Gasteiger partial charge in [-0.2, -0.15) is 22.6 Å². The average molecular weight is 384 g/mol. The first-order valence-electron chi connectivity index (χ1n) is 7.52. The van der Waals surface area contributed by atoms with Crippen LogP contribution in [0.25, 0.3) is 0 Å². The van der Waals surface area contributed by atoms with Crippen LogP contribution in [0.15, 0.2) is 4.90 Å². The maximum atomic E-state index is 12.8. The third kappa shape index (κ3) is 4.63. The van der Waals surface area contributed by atoms with Gasteiger partial charge in [-0.25, -0.2) is 13.2 Å². The van der Waals surface area contributed by atoms with Crippen molar-refractivity contribution in [3.8, 4) is 0 Å². The molecule has 142 valence electrons. The van der Waals surface area contributed by atoms with E-state index in [0.717, 1.165) is 4.90 Å². The van der Waals surface area contributed by atoms with E-state index in [1.165, 1.54) is 4.31 Å². The number of nitrogens with one attached hydrogen (secondary N) is 1. The fourth-order valence-electron chi connectivity index (χ4n) is 2.60. The van der Waals surface area contributed by atoms with Gasteiger partial charge in [0.15, 0.2) is 6.61 Å². The summed E-state index contributed by atoms with van der Waals surface area (Å²) in [7, 11) is -3.81. The molecule has 1 saturated heterocycles. The number of aryl methyl sites for hydroxylation is 2. The van der Waals surface area contributed by atoms with Crippen LogP contribution in [0, 0.1) is 13.8 Å². The SMILES string of the molecule is Cc1n[nH]c(C)c1S(=O)(=O)N1CCCN(C(=O)OCC(F)(F)F)CC1. The van der Waals surface area contributed by atoms with Crippen molar-refractivity contribution < 1.29 is 31.1 Å². The number of alkyl halides is 3. The van der Waals surface area contributed by atoms with Gasteiger partial charge in [-0.05, 0) is 20.3 Å². The highest BCUT2D eigenvalue weighted by molar-refractivity contribution is 7.89.